The molecule has 0 spiro atoms. The molecule has 0 bridgehead atoms. The average molecular weight is 258 g/mol. The van der Waals surface area contributed by atoms with Crippen molar-refractivity contribution in [2.75, 3.05) is 0 Å². The molecule has 1 aromatic carbocycles. The highest BCUT2D eigenvalue weighted by molar-refractivity contribution is 5.26. The first-order valence-electron chi connectivity index (χ1n) is 6.29. The molecule has 0 heterocycles. The summed E-state index contributed by atoms with van der Waals surface area (Å²) in [6.45, 7) is 0. The maximum Gasteiger partial charge on any atom is 0.416 e. The Bertz CT molecular complexity index is 396. The predicted octanol–water partition coefficient (Wildman–Crippen LogP) is 3.80. The molecule has 18 heavy (non-hydrogen) atoms. The maximum atomic E-state index is 12.5. The molecule has 1 fully saturated rings. The summed E-state index contributed by atoms with van der Waals surface area (Å²) in [7, 11) is 0. The van der Waals surface area contributed by atoms with Crippen LogP contribution in [0.15, 0.2) is 24.3 Å². The van der Waals surface area contributed by atoms with Gasteiger partial charge >= 0.3 is 6.18 Å². The summed E-state index contributed by atoms with van der Waals surface area (Å²) in [4.78, 5) is 0. The van der Waals surface area contributed by atoms with Gasteiger partial charge in [0.15, 0.2) is 0 Å². The Morgan fingerprint density at radius 2 is 2.00 bits per heavy atom. The van der Waals surface area contributed by atoms with E-state index >= 15 is 0 Å². The van der Waals surface area contributed by atoms with E-state index < -0.39 is 17.8 Å². The van der Waals surface area contributed by atoms with Crippen LogP contribution in [0.5, 0.6) is 0 Å². The smallest absolute Gasteiger partial charge is 0.393 e. The number of halogens is 3. The molecule has 1 N–H and O–H groups in total. The minimum absolute atomic E-state index is 0.306. The van der Waals surface area contributed by atoms with Crippen LogP contribution in [-0.2, 0) is 12.6 Å². The highest BCUT2D eigenvalue weighted by Crippen LogP contribution is 2.32. The number of aliphatic hydroxyl groups is 1. The van der Waals surface area contributed by atoms with E-state index in [1.165, 1.54) is 12.5 Å². The molecule has 0 radical (unpaired) electrons. The lowest BCUT2D eigenvalue weighted by Gasteiger charge is -2.27. The van der Waals surface area contributed by atoms with Gasteiger partial charge in [-0.15, -0.1) is 0 Å². The van der Waals surface area contributed by atoms with Crippen molar-refractivity contribution >= 4 is 0 Å². The number of benzene rings is 1. The van der Waals surface area contributed by atoms with Crippen molar-refractivity contribution in [3.63, 3.8) is 0 Å². The Morgan fingerprint density at radius 1 is 1.28 bits per heavy atom. The van der Waals surface area contributed by atoms with Crippen molar-refractivity contribution in [3.05, 3.63) is 35.4 Å². The Hall–Kier alpha value is -1.03. The Labute approximate surface area is 105 Å². The van der Waals surface area contributed by atoms with Crippen molar-refractivity contribution in [2.24, 2.45) is 5.92 Å². The van der Waals surface area contributed by atoms with Gasteiger partial charge in [-0.25, -0.2) is 0 Å². The zero-order valence-electron chi connectivity index (χ0n) is 10.1. The van der Waals surface area contributed by atoms with E-state index in [1.54, 1.807) is 6.07 Å². The molecule has 0 saturated heterocycles. The van der Waals surface area contributed by atoms with Crippen LogP contribution >= 0.6 is 0 Å². The fourth-order valence-corrected chi connectivity index (χ4v) is 2.34. The van der Waals surface area contributed by atoms with Crippen LogP contribution in [0, 0.1) is 5.92 Å². The third-order valence-electron chi connectivity index (χ3n) is 3.56. The molecular weight excluding hydrogens is 241 g/mol. The van der Waals surface area contributed by atoms with Crippen molar-refractivity contribution < 1.29 is 18.3 Å². The molecule has 0 aromatic heterocycles. The normalized spacial score (nSPS) is 18.4. The molecule has 1 saturated carbocycles. The summed E-state index contributed by atoms with van der Waals surface area (Å²) in [5.74, 6) is 0.561. The molecule has 1 aliphatic carbocycles. The van der Waals surface area contributed by atoms with Gasteiger partial charge in [0.25, 0.3) is 0 Å². The molecule has 100 valence electrons. The fourth-order valence-electron chi connectivity index (χ4n) is 2.34. The quantitative estimate of drug-likeness (QED) is 0.871. The van der Waals surface area contributed by atoms with E-state index in [2.05, 4.69) is 0 Å². The fraction of sp³-hybridized carbons (Fsp3) is 0.571. The summed E-state index contributed by atoms with van der Waals surface area (Å²) in [6, 6.07) is 5.22. The van der Waals surface area contributed by atoms with Crippen LogP contribution < -0.4 is 0 Å². The second-order valence-corrected chi connectivity index (χ2v) is 5.09. The van der Waals surface area contributed by atoms with Gasteiger partial charge < -0.3 is 5.11 Å². The minimum Gasteiger partial charge on any atom is -0.393 e. The monoisotopic (exact) mass is 258 g/mol. The minimum atomic E-state index is -4.31. The Balaban J connectivity index is 1.95. The molecule has 1 aromatic rings. The largest absolute Gasteiger partial charge is 0.416 e. The first-order chi connectivity index (χ1) is 8.45. The van der Waals surface area contributed by atoms with E-state index in [-0.39, 0.29) is 0 Å². The Morgan fingerprint density at radius 3 is 2.56 bits per heavy atom. The average Bonchev–Trinajstić information content (AvgIpc) is 2.23. The first kappa shape index (κ1) is 13.4. The second kappa shape index (κ2) is 5.31. The molecule has 4 heteroatoms. The number of hydrogen-bond acceptors (Lipinski definition) is 1. The van der Waals surface area contributed by atoms with Crippen molar-refractivity contribution in [3.8, 4) is 0 Å². The van der Waals surface area contributed by atoms with E-state index in [9.17, 15) is 18.3 Å². The lowest BCUT2D eigenvalue weighted by Crippen LogP contribution is -2.21. The van der Waals surface area contributed by atoms with Crippen LogP contribution in [0.2, 0.25) is 0 Å². The van der Waals surface area contributed by atoms with Crippen LogP contribution in [0.3, 0.4) is 0 Å². The summed E-state index contributed by atoms with van der Waals surface area (Å²) in [6.07, 6.45) is -0.343. The standard InChI is InChI=1S/C14H17F3O/c15-14(16,17)12-6-2-5-11(7-12)9-13(18)8-10-3-1-4-10/h2,5-7,10,13,18H,1,3-4,8-9H2. The summed E-state index contributed by atoms with van der Waals surface area (Å²) in [5.41, 5.74) is -0.0903. The number of rotatable bonds is 4. The molecular formula is C14H17F3O. The third kappa shape index (κ3) is 3.48. The summed E-state index contributed by atoms with van der Waals surface area (Å²) in [5, 5.41) is 9.85. The molecule has 1 nitrogen and oxygen atoms in total. The van der Waals surface area contributed by atoms with Crippen LogP contribution in [0.25, 0.3) is 0 Å². The summed E-state index contributed by atoms with van der Waals surface area (Å²) < 4.78 is 37.5. The van der Waals surface area contributed by atoms with Crippen molar-refractivity contribution in [1.82, 2.24) is 0 Å². The number of hydrogen-bond donors (Lipinski definition) is 1. The highest BCUT2D eigenvalue weighted by Gasteiger charge is 2.30. The number of aliphatic hydroxyl groups excluding tert-OH is 1. The van der Waals surface area contributed by atoms with E-state index in [0.717, 1.165) is 25.0 Å². The second-order valence-electron chi connectivity index (χ2n) is 5.09. The van der Waals surface area contributed by atoms with Gasteiger partial charge in [-0.1, -0.05) is 37.5 Å². The molecule has 1 unspecified atom stereocenters. The van der Waals surface area contributed by atoms with Gasteiger partial charge in [-0.05, 0) is 30.4 Å². The molecule has 0 aliphatic heterocycles. The van der Waals surface area contributed by atoms with Crippen LogP contribution in [0.1, 0.15) is 36.8 Å². The maximum absolute atomic E-state index is 12.5. The van der Waals surface area contributed by atoms with Gasteiger partial charge in [0, 0.05) is 0 Å². The third-order valence-corrected chi connectivity index (χ3v) is 3.56. The molecule has 1 aliphatic rings. The Kier molecular flexibility index (Phi) is 3.95. The van der Waals surface area contributed by atoms with Crippen molar-refractivity contribution in [1.29, 1.82) is 0 Å². The first-order valence-corrected chi connectivity index (χ1v) is 6.29. The molecule has 1 atom stereocenters. The number of alkyl halides is 3. The topological polar surface area (TPSA) is 20.2 Å². The zero-order chi connectivity index (χ0) is 13.2. The van der Waals surface area contributed by atoms with E-state index in [1.807, 2.05) is 0 Å². The lowest BCUT2D eigenvalue weighted by molar-refractivity contribution is -0.137. The van der Waals surface area contributed by atoms with E-state index in [4.69, 9.17) is 0 Å². The van der Waals surface area contributed by atoms with Gasteiger partial charge in [0.2, 0.25) is 0 Å². The van der Waals surface area contributed by atoms with Crippen LogP contribution in [0.4, 0.5) is 13.2 Å². The molecule has 0 amide bonds. The van der Waals surface area contributed by atoms with Gasteiger partial charge in [0.1, 0.15) is 0 Å². The zero-order valence-corrected chi connectivity index (χ0v) is 10.1. The highest BCUT2D eigenvalue weighted by atomic mass is 19.4. The van der Waals surface area contributed by atoms with Crippen LogP contribution in [-0.4, -0.2) is 11.2 Å². The van der Waals surface area contributed by atoms with Crippen molar-refractivity contribution in [2.45, 2.75) is 44.4 Å². The van der Waals surface area contributed by atoms with Gasteiger partial charge in [-0.3, -0.25) is 0 Å². The molecule has 2 rings (SSSR count). The predicted molar refractivity (Wildman–Crippen MR) is 63.1 cm³/mol. The van der Waals surface area contributed by atoms with Gasteiger partial charge in [-0.2, -0.15) is 13.2 Å². The lowest BCUT2D eigenvalue weighted by atomic mass is 9.80. The SMILES string of the molecule is OC(Cc1cccc(C(F)(F)F)c1)CC1CCC1. The van der Waals surface area contributed by atoms with Gasteiger partial charge in [0.05, 0.1) is 11.7 Å². The van der Waals surface area contributed by atoms with E-state index in [0.29, 0.717) is 24.3 Å². The summed E-state index contributed by atoms with van der Waals surface area (Å²) >= 11 is 0.